The zero-order chi connectivity index (χ0) is 14.8. The summed E-state index contributed by atoms with van der Waals surface area (Å²) in [7, 11) is 0. The van der Waals surface area contributed by atoms with Crippen LogP contribution in [0.2, 0.25) is 0 Å². The standard InChI is InChI=1S/C16H10BrClN2O/c17-15-10-14(16(18)21)20(19-15)13-8-4-7-12(9-13)11-5-2-1-3-6-11/h1-10H. The molecule has 1 heterocycles. The molecule has 0 amide bonds. The molecular weight excluding hydrogens is 352 g/mol. The van der Waals surface area contributed by atoms with Gasteiger partial charge in [-0.3, -0.25) is 4.79 Å². The number of carbonyl (C=O) groups is 1. The Balaban J connectivity index is 2.11. The fraction of sp³-hybridized carbons (Fsp3) is 0. The van der Waals surface area contributed by atoms with E-state index in [0.29, 0.717) is 10.3 Å². The van der Waals surface area contributed by atoms with Crippen LogP contribution in [-0.2, 0) is 0 Å². The van der Waals surface area contributed by atoms with Crippen molar-refractivity contribution in [3.63, 3.8) is 0 Å². The first-order chi connectivity index (χ1) is 10.1. The first-order valence-corrected chi connectivity index (χ1v) is 7.43. The quantitative estimate of drug-likeness (QED) is 0.635. The van der Waals surface area contributed by atoms with Crippen molar-refractivity contribution in [3.8, 4) is 16.8 Å². The number of aromatic nitrogens is 2. The Bertz CT molecular complexity index is 799. The molecular formula is C16H10BrClN2O. The van der Waals surface area contributed by atoms with Gasteiger partial charge in [0.25, 0.3) is 5.24 Å². The Kier molecular flexibility index (Phi) is 3.90. The minimum atomic E-state index is -0.543. The summed E-state index contributed by atoms with van der Waals surface area (Å²) in [4.78, 5) is 11.5. The Hall–Kier alpha value is -1.91. The molecule has 2 aromatic carbocycles. The summed E-state index contributed by atoms with van der Waals surface area (Å²) in [6.45, 7) is 0. The number of halogens is 2. The van der Waals surface area contributed by atoms with Crippen molar-refractivity contribution in [1.82, 2.24) is 9.78 Å². The summed E-state index contributed by atoms with van der Waals surface area (Å²) in [5.74, 6) is 0. The van der Waals surface area contributed by atoms with Gasteiger partial charge in [0.2, 0.25) is 0 Å². The topological polar surface area (TPSA) is 34.9 Å². The number of benzene rings is 2. The summed E-state index contributed by atoms with van der Waals surface area (Å²) in [6.07, 6.45) is 0. The van der Waals surface area contributed by atoms with E-state index < -0.39 is 5.24 Å². The molecule has 0 saturated heterocycles. The van der Waals surface area contributed by atoms with Gasteiger partial charge in [0.1, 0.15) is 10.3 Å². The molecule has 0 unspecified atom stereocenters. The minimum Gasteiger partial charge on any atom is -0.274 e. The van der Waals surface area contributed by atoms with Crippen LogP contribution in [-0.4, -0.2) is 15.0 Å². The third kappa shape index (κ3) is 2.91. The van der Waals surface area contributed by atoms with Gasteiger partial charge in [-0.2, -0.15) is 5.10 Å². The summed E-state index contributed by atoms with van der Waals surface area (Å²) in [5, 5.41) is 3.72. The Morgan fingerprint density at radius 1 is 1.00 bits per heavy atom. The van der Waals surface area contributed by atoms with Crippen LogP contribution in [0.5, 0.6) is 0 Å². The maximum absolute atomic E-state index is 11.5. The molecule has 5 heteroatoms. The summed E-state index contributed by atoms with van der Waals surface area (Å²) in [5.41, 5.74) is 3.26. The van der Waals surface area contributed by atoms with Crippen LogP contribution in [0.1, 0.15) is 10.5 Å². The molecule has 3 aromatic rings. The average molecular weight is 362 g/mol. The van der Waals surface area contributed by atoms with E-state index in [2.05, 4.69) is 21.0 Å². The predicted octanol–water partition coefficient (Wildman–Crippen LogP) is 4.68. The van der Waals surface area contributed by atoms with Gasteiger partial charge in [-0.15, -0.1) is 0 Å². The lowest BCUT2D eigenvalue weighted by atomic mass is 10.1. The minimum absolute atomic E-state index is 0.328. The van der Waals surface area contributed by atoms with E-state index in [0.717, 1.165) is 16.8 Å². The second-order valence-corrected chi connectivity index (χ2v) is 5.61. The molecule has 0 bridgehead atoms. The molecule has 3 rings (SSSR count). The fourth-order valence-corrected chi connectivity index (χ4v) is 2.65. The molecule has 0 saturated carbocycles. The highest BCUT2D eigenvalue weighted by molar-refractivity contribution is 9.10. The molecule has 3 nitrogen and oxygen atoms in total. The lowest BCUT2D eigenvalue weighted by Crippen LogP contribution is -2.04. The van der Waals surface area contributed by atoms with E-state index in [4.69, 9.17) is 11.6 Å². The van der Waals surface area contributed by atoms with Gasteiger partial charge in [0, 0.05) is 6.07 Å². The van der Waals surface area contributed by atoms with Gasteiger partial charge in [-0.1, -0.05) is 42.5 Å². The van der Waals surface area contributed by atoms with Crippen LogP contribution in [0.4, 0.5) is 0 Å². The van der Waals surface area contributed by atoms with Crippen LogP contribution in [0, 0.1) is 0 Å². The van der Waals surface area contributed by atoms with Crippen LogP contribution in [0.15, 0.2) is 65.3 Å². The van der Waals surface area contributed by atoms with Crippen molar-refractivity contribution >= 4 is 32.8 Å². The van der Waals surface area contributed by atoms with Crippen LogP contribution in [0.25, 0.3) is 16.8 Å². The molecule has 21 heavy (non-hydrogen) atoms. The SMILES string of the molecule is O=C(Cl)c1cc(Br)nn1-c1cccc(-c2ccccc2)c1. The third-order valence-electron chi connectivity index (χ3n) is 3.08. The van der Waals surface area contributed by atoms with Crippen molar-refractivity contribution in [2.75, 3.05) is 0 Å². The van der Waals surface area contributed by atoms with Crippen molar-refractivity contribution in [1.29, 1.82) is 0 Å². The molecule has 0 atom stereocenters. The number of hydrogen-bond acceptors (Lipinski definition) is 2. The molecule has 0 spiro atoms. The van der Waals surface area contributed by atoms with Crippen molar-refractivity contribution in [3.05, 3.63) is 71.0 Å². The maximum atomic E-state index is 11.5. The van der Waals surface area contributed by atoms with Gasteiger partial charge in [-0.25, -0.2) is 4.68 Å². The summed E-state index contributed by atoms with van der Waals surface area (Å²) < 4.78 is 2.10. The third-order valence-corrected chi connectivity index (χ3v) is 3.66. The van der Waals surface area contributed by atoms with Crippen LogP contribution in [0.3, 0.4) is 0 Å². The second kappa shape index (κ2) is 5.84. The average Bonchev–Trinajstić information content (AvgIpc) is 2.91. The van der Waals surface area contributed by atoms with Crippen molar-refractivity contribution < 1.29 is 4.79 Å². The van der Waals surface area contributed by atoms with Crippen LogP contribution >= 0.6 is 27.5 Å². The largest absolute Gasteiger partial charge is 0.274 e. The highest BCUT2D eigenvalue weighted by atomic mass is 79.9. The Morgan fingerprint density at radius 2 is 1.71 bits per heavy atom. The van der Waals surface area contributed by atoms with Gasteiger partial charge in [0.15, 0.2) is 0 Å². The number of nitrogens with zero attached hydrogens (tertiary/aromatic N) is 2. The lowest BCUT2D eigenvalue weighted by molar-refractivity contribution is 0.107. The molecule has 0 fully saturated rings. The van der Waals surface area contributed by atoms with Gasteiger partial charge >= 0.3 is 0 Å². The van der Waals surface area contributed by atoms with E-state index in [-0.39, 0.29) is 0 Å². The Labute approximate surface area is 135 Å². The number of rotatable bonds is 3. The molecule has 1 aromatic heterocycles. The normalized spacial score (nSPS) is 10.6. The number of hydrogen-bond donors (Lipinski definition) is 0. The highest BCUT2D eigenvalue weighted by Crippen LogP contribution is 2.24. The number of carbonyl (C=O) groups excluding carboxylic acids is 1. The zero-order valence-corrected chi connectivity index (χ0v) is 13.2. The molecule has 0 radical (unpaired) electrons. The second-order valence-electron chi connectivity index (χ2n) is 4.45. The zero-order valence-electron chi connectivity index (χ0n) is 10.8. The first kappa shape index (κ1) is 14.0. The molecule has 0 aliphatic rings. The van der Waals surface area contributed by atoms with E-state index >= 15 is 0 Å². The molecule has 0 aliphatic heterocycles. The fourth-order valence-electron chi connectivity index (χ4n) is 2.14. The molecule has 104 valence electrons. The van der Waals surface area contributed by atoms with E-state index in [1.54, 1.807) is 6.07 Å². The summed E-state index contributed by atoms with van der Waals surface area (Å²) in [6, 6.07) is 19.4. The van der Waals surface area contributed by atoms with Crippen LogP contribution < -0.4 is 0 Å². The molecule has 0 aliphatic carbocycles. The Morgan fingerprint density at radius 3 is 2.43 bits per heavy atom. The van der Waals surface area contributed by atoms with Crippen molar-refractivity contribution in [2.24, 2.45) is 0 Å². The molecule has 0 N–H and O–H groups in total. The predicted molar refractivity (Wildman–Crippen MR) is 86.9 cm³/mol. The monoisotopic (exact) mass is 360 g/mol. The highest BCUT2D eigenvalue weighted by Gasteiger charge is 2.14. The summed E-state index contributed by atoms with van der Waals surface area (Å²) >= 11 is 8.88. The van der Waals surface area contributed by atoms with E-state index in [1.807, 2.05) is 54.6 Å². The first-order valence-electron chi connectivity index (χ1n) is 6.26. The van der Waals surface area contributed by atoms with E-state index in [1.165, 1.54) is 4.68 Å². The maximum Gasteiger partial charge on any atom is 0.271 e. The smallest absolute Gasteiger partial charge is 0.271 e. The van der Waals surface area contributed by atoms with E-state index in [9.17, 15) is 4.79 Å². The van der Waals surface area contributed by atoms with Gasteiger partial charge in [-0.05, 0) is 50.8 Å². The van der Waals surface area contributed by atoms with Gasteiger partial charge in [0.05, 0.1) is 5.69 Å². The van der Waals surface area contributed by atoms with Gasteiger partial charge < -0.3 is 0 Å². The lowest BCUT2D eigenvalue weighted by Gasteiger charge is -2.07. The van der Waals surface area contributed by atoms with Crippen molar-refractivity contribution in [2.45, 2.75) is 0 Å².